The normalized spacial score (nSPS) is 14.4. The largest absolute Gasteiger partial charge is 0.0801 e. The van der Waals surface area contributed by atoms with Crippen molar-refractivity contribution in [1.29, 1.82) is 0 Å². The summed E-state index contributed by atoms with van der Waals surface area (Å²) in [5.74, 6) is 0. The smallest absolute Gasteiger partial charge is 0.00167 e. The highest BCUT2D eigenvalue weighted by Gasteiger charge is 2.35. The average molecular weight is 647 g/mol. The SMILES string of the molecule is Cc1ccc(C(c2ccc(C)cc2)=c2c(C(C)(C)C)c(C(C)(C)C)c(C3=CC=CC3)c3c2=c2cc(C(C)(C)C)c(C(C)(C)C)cc2=C3)cc1. The molecule has 0 unspecified atom stereocenters. The van der Waals surface area contributed by atoms with E-state index in [0.717, 1.165) is 6.42 Å². The van der Waals surface area contributed by atoms with Gasteiger partial charge in [0, 0.05) is 0 Å². The number of hydrogen-bond donors (Lipinski definition) is 0. The summed E-state index contributed by atoms with van der Waals surface area (Å²) in [6.45, 7) is 33.2. The molecule has 0 radical (unpaired) electrons. The second kappa shape index (κ2) is 11.9. The molecular formula is C49H58. The molecule has 0 saturated carbocycles. The highest BCUT2D eigenvalue weighted by Crippen LogP contribution is 2.43. The van der Waals surface area contributed by atoms with Gasteiger partial charge in [-0.15, -0.1) is 0 Å². The van der Waals surface area contributed by atoms with Gasteiger partial charge in [-0.05, 0) is 131 Å². The summed E-state index contributed by atoms with van der Waals surface area (Å²) in [4.78, 5) is 0. The number of benzene rings is 4. The monoisotopic (exact) mass is 646 g/mol. The lowest BCUT2D eigenvalue weighted by atomic mass is 9.68. The number of fused-ring (bicyclic) bond motifs is 2. The van der Waals surface area contributed by atoms with E-state index in [9.17, 15) is 0 Å². The minimum absolute atomic E-state index is 0.0000439. The Hall–Kier alpha value is -3.90. The molecule has 0 amide bonds. The zero-order chi connectivity index (χ0) is 35.8. The Bertz CT molecular complexity index is 2190. The fraction of sp³-hybridized carbons (Fsp3) is 0.388. The Morgan fingerprint density at radius 1 is 0.571 bits per heavy atom. The maximum absolute atomic E-state index is 2.58. The van der Waals surface area contributed by atoms with Gasteiger partial charge in [0.15, 0.2) is 0 Å². The summed E-state index contributed by atoms with van der Waals surface area (Å²) < 4.78 is 0. The highest BCUT2D eigenvalue weighted by molar-refractivity contribution is 5.87. The molecule has 4 aromatic rings. The lowest BCUT2D eigenvalue weighted by Gasteiger charge is -2.35. The summed E-state index contributed by atoms with van der Waals surface area (Å²) in [5.41, 5.74) is 16.3. The van der Waals surface area contributed by atoms with Gasteiger partial charge < -0.3 is 0 Å². The molecule has 0 spiro atoms. The molecule has 254 valence electrons. The first-order chi connectivity index (χ1) is 22.7. The van der Waals surface area contributed by atoms with Crippen LogP contribution in [0.3, 0.4) is 0 Å². The first-order valence-electron chi connectivity index (χ1n) is 18.3. The van der Waals surface area contributed by atoms with E-state index in [-0.39, 0.29) is 21.7 Å². The molecule has 49 heavy (non-hydrogen) atoms. The summed E-state index contributed by atoms with van der Waals surface area (Å²) in [5, 5.41) is 5.52. The Labute approximate surface area is 296 Å². The van der Waals surface area contributed by atoms with Crippen molar-refractivity contribution in [3.05, 3.63) is 155 Å². The fourth-order valence-electron chi connectivity index (χ4n) is 8.15. The van der Waals surface area contributed by atoms with E-state index in [2.05, 4.69) is 182 Å². The van der Waals surface area contributed by atoms with Crippen molar-refractivity contribution in [3.8, 4) is 0 Å². The zero-order valence-electron chi connectivity index (χ0n) is 32.8. The van der Waals surface area contributed by atoms with Crippen molar-refractivity contribution < 1.29 is 0 Å². The summed E-state index contributed by atoms with van der Waals surface area (Å²) in [6, 6.07) is 23.6. The van der Waals surface area contributed by atoms with Crippen LogP contribution in [0.5, 0.6) is 0 Å². The van der Waals surface area contributed by atoms with E-state index in [1.165, 1.54) is 87.7 Å². The van der Waals surface area contributed by atoms with Crippen molar-refractivity contribution in [2.45, 2.75) is 125 Å². The van der Waals surface area contributed by atoms with E-state index in [4.69, 9.17) is 0 Å². The van der Waals surface area contributed by atoms with Gasteiger partial charge in [-0.25, -0.2) is 0 Å². The summed E-state index contributed by atoms with van der Waals surface area (Å²) in [6.07, 6.45) is 10.5. The first kappa shape index (κ1) is 34.9. The molecule has 0 heteroatoms. The third-order valence-electron chi connectivity index (χ3n) is 10.4. The van der Waals surface area contributed by atoms with Crippen LogP contribution in [0.2, 0.25) is 0 Å². The van der Waals surface area contributed by atoms with Crippen molar-refractivity contribution in [2.24, 2.45) is 0 Å². The van der Waals surface area contributed by atoms with E-state index in [1.54, 1.807) is 0 Å². The molecular weight excluding hydrogens is 589 g/mol. The van der Waals surface area contributed by atoms with E-state index in [0.29, 0.717) is 0 Å². The maximum atomic E-state index is 2.58. The molecule has 0 heterocycles. The van der Waals surface area contributed by atoms with Crippen LogP contribution < -0.4 is 10.4 Å². The van der Waals surface area contributed by atoms with Crippen LogP contribution in [0, 0.1) is 24.3 Å². The molecule has 0 aliphatic heterocycles. The fourth-order valence-corrected chi connectivity index (χ4v) is 8.15. The predicted octanol–water partition coefficient (Wildman–Crippen LogP) is 11.5. The predicted molar refractivity (Wildman–Crippen MR) is 214 cm³/mol. The lowest BCUT2D eigenvalue weighted by molar-refractivity contribution is 0.524. The number of aryl methyl sites for hydroxylation is 2. The molecule has 0 fully saturated rings. The lowest BCUT2D eigenvalue weighted by Crippen LogP contribution is -2.34. The molecule has 4 aromatic carbocycles. The molecule has 0 aromatic heterocycles. The van der Waals surface area contributed by atoms with Crippen LogP contribution in [0.25, 0.3) is 17.2 Å². The van der Waals surface area contributed by atoms with Crippen LogP contribution in [-0.4, -0.2) is 0 Å². The summed E-state index contributed by atoms with van der Waals surface area (Å²) in [7, 11) is 0. The Kier molecular flexibility index (Phi) is 8.46. The standard InChI is InChI=1S/C49H58/c1-30-19-23-33(24-20-30)40(34-25-21-31(2)22-26-34)43-42-36-29-39(47(6,7)8)38(46(3,4)5)28-35(36)27-37(42)41(32-17-15-16-18-32)44(48(9,10)11)45(43)49(12,13)14/h15-17,19-29H,18H2,1-14H3. The van der Waals surface area contributed by atoms with Crippen molar-refractivity contribution in [1.82, 2.24) is 0 Å². The Morgan fingerprint density at radius 3 is 1.49 bits per heavy atom. The quantitative estimate of drug-likeness (QED) is 0.183. The molecule has 6 rings (SSSR count). The third kappa shape index (κ3) is 6.33. The van der Waals surface area contributed by atoms with Crippen LogP contribution in [0.4, 0.5) is 0 Å². The van der Waals surface area contributed by atoms with Crippen LogP contribution in [0.1, 0.15) is 145 Å². The average Bonchev–Trinajstić information content (AvgIpc) is 3.64. The number of hydrogen-bond acceptors (Lipinski definition) is 0. The van der Waals surface area contributed by atoms with Gasteiger partial charge >= 0.3 is 0 Å². The second-order valence-electron chi connectivity index (χ2n) is 18.8. The van der Waals surface area contributed by atoms with Crippen LogP contribution >= 0.6 is 0 Å². The third-order valence-corrected chi connectivity index (χ3v) is 10.4. The number of allylic oxidation sites excluding steroid dienone is 4. The molecule has 0 bridgehead atoms. The van der Waals surface area contributed by atoms with Gasteiger partial charge in [0.2, 0.25) is 0 Å². The van der Waals surface area contributed by atoms with Crippen molar-refractivity contribution in [2.75, 3.05) is 0 Å². The van der Waals surface area contributed by atoms with E-state index >= 15 is 0 Å². The second-order valence-corrected chi connectivity index (χ2v) is 18.8. The zero-order valence-corrected chi connectivity index (χ0v) is 32.8. The molecule has 0 nitrogen and oxygen atoms in total. The highest BCUT2D eigenvalue weighted by atomic mass is 14.4. The Balaban J connectivity index is 2.07. The maximum Gasteiger partial charge on any atom is -0.00167 e. The topological polar surface area (TPSA) is 0 Å². The van der Waals surface area contributed by atoms with Crippen LogP contribution in [0.15, 0.2) is 78.9 Å². The van der Waals surface area contributed by atoms with Crippen molar-refractivity contribution >= 4 is 17.2 Å². The first-order valence-corrected chi connectivity index (χ1v) is 18.3. The van der Waals surface area contributed by atoms with Crippen molar-refractivity contribution in [3.63, 3.8) is 0 Å². The minimum Gasteiger partial charge on any atom is -0.0801 e. The van der Waals surface area contributed by atoms with Gasteiger partial charge in [-0.2, -0.15) is 0 Å². The van der Waals surface area contributed by atoms with Gasteiger partial charge in [0.1, 0.15) is 0 Å². The number of rotatable bonds is 3. The molecule has 0 atom stereocenters. The minimum atomic E-state index is -0.129. The van der Waals surface area contributed by atoms with Gasteiger partial charge in [-0.3, -0.25) is 0 Å². The molecule has 2 aliphatic rings. The van der Waals surface area contributed by atoms with Gasteiger partial charge in [0.05, 0.1) is 0 Å². The van der Waals surface area contributed by atoms with Crippen LogP contribution in [-0.2, 0) is 21.7 Å². The molecule has 0 N–H and O–H groups in total. The van der Waals surface area contributed by atoms with Gasteiger partial charge in [-0.1, -0.05) is 167 Å². The molecule has 2 aliphatic carbocycles. The molecule has 0 saturated heterocycles. The van der Waals surface area contributed by atoms with E-state index in [1.807, 2.05) is 0 Å². The van der Waals surface area contributed by atoms with Gasteiger partial charge in [0.25, 0.3) is 0 Å². The van der Waals surface area contributed by atoms with E-state index < -0.39 is 0 Å². The summed E-state index contributed by atoms with van der Waals surface area (Å²) >= 11 is 0. The Morgan fingerprint density at radius 2 is 1.06 bits per heavy atom.